The first kappa shape index (κ1) is 15.2. The number of rotatable bonds is 7. The lowest BCUT2D eigenvalue weighted by Gasteiger charge is -2.15. The van der Waals surface area contributed by atoms with E-state index in [1.165, 1.54) is 14.0 Å². The van der Waals surface area contributed by atoms with E-state index in [1.807, 2.05) is 13.2 Å². The van der Waals surface area contributed by atoms with Gasteiger partial charge in [0.2, 0.25) is 5.91 Å². The van der Waals surface area contributed by atoms with Crippen molar-refractivity contribution < 1.29 is 14.3 Å². The van der Waals surface area contributed by atoms with Gasteiger partial charge in [0, 0.05) is 26.7 Å². The van der Waals surface area contributed by atoms with E-state index < -0.39 is 12.0 Å². The Hall–Kier alpha value is -1.89. The predicted molar refractivity (Wildman–Crippen MR) is 69.4 cm³/mol. The van der Waals surface area contributed by atoms with Gasteiger partial charge in [-0.1, -0.05) is 0 Å². The second-order valence-corrected chi connectivity index (χ2v) is 4.25. The molecule has 0 fully saturated rings. The van der Waals surface area contributed by atoms with Gasteiger partial charge in [-0.15, -0.1) is 0 Å². The van der Waals surface area contributed by atoms with Gasteiger partial charge in [-0.2, -0.15) is 5.10 Å². The van der Waals surface area contributed by atoms with Crippen LogP contribution in [0.2, 0.25) is 0 Å². The Balaban J connectivity index is 2.31. The number of carbonyl (C=O) groups excluding carboxylic acids is 2. The highest BCUT2D eigenvalue weighted by Gasteiger charge is 2.19. The largest absolute Gasteiger partial charge is 0.467 e. The Bertz CT molecular complexity index is 430. The maximum atomic E-state index is 11.4. The number of hydrogen-bond donors (Lipinski definition) is 2. The molecule has 1 heterocycles. The molecule has 106 valence electrons. The number of aromatic nitrogens is 2. The Kier molecular flexibility index (Phi) is 6.01. The summed E-state index contributed by atoms with van der Waals surface area (Å²) in [5.41, 5.74) is 1.11. The third-order valence-corrected chi connectivity index (χ3v) is 2.56. The molecule has 0 saturated carbocycles. The minimum Gasteiger partial charge on any atom is -0.467 e. The smallest absolute Gasteiger partial charge is 0.329 e. The van der Waals surface area contributed by atoms with E-state index in [0.717, 1.165) is 12.0 Å². The molecule has 0 aliphatic heterocycles. The first-order valence-electron chi connectivity index (χ1n) is 6.06. The van der Waals surface area contributed by atoms with E-state index in [9.17, 15) is 9.59 Å². The quantitative estimate of drug-likeness (QED) is 0.501. The Labute approximate surface area is 112 Å². The van der Waals surface area contributed by atoms with Crippen LogP contribution >= 0.6 is 0 Å². The lowest BCUT2D eigenvalue weighted by Crippen LogP contribution is -2.47. The summed E-state index contributed by atoms with van der Waals surface area (Å²) in [7, 11) is 3.16. The van der Waals surface area contributed by atoms with Crippen LogP contribution in [0.1, 0.15) is 12.5 Å². The van der Waals surface area contributed by atoms with Crippen LogP contribution in [0.5, 0.6) is 0 Å². The van der Waals surface area contributed by atoms with Crippen molar-refractivity contribution in [1.82, 2.24) is 20.4 Å². The fourth-order valence-electron chi connectivity index (χ4n) is 1.66. The van der Waals surface area contributed by atoms with E-state index in [2.05, 4.69) is 20.5 Å². The lowest BCUT2D eigenvalue weighted by atomic mass is 10.2. The molecule has 0 aliphatic carbocycles. The fraction of sp³-hybridized carbons (Fsp3) is 0.583. The number of ether oxygens (including phenoxy) is 1. The minimum atomic E-state index is -0.656. The van der Waals surface area contributed by atoms with Crippen LogP contribution in [0.4, 0.5) is 0 Å². The molecule has 0 aliphatic rings. The number of amides is 1. The molecular formula is C12H20N4O3. The van der Waals surface area contributed by atoms with E-state index >= 15 is 0 Å². The van der Waals surface area contributed by atoms with Gasteiger partial charge < -0.3 is 15.4 Å². The number of carbonyl (C=O) groups is 2. The van der Waals surface area contributed by atoms with Gasteiger partial charge in [-0.05, 0) is 18.5 Å². The van der Waals surface area contributed by atoms with Crippen molar-refractivity contribution in [3.8, 4) is 0 Å². The first-order valence-corrected chi connectivity index (χ1v) is 6.06. The third-order valence-electron chi connectivity index (χ3n) is 2.56. The molecule has 7 nitrogen and oxygen atoms in total. The summed E-state index contributed by atoms with van der Waals surface area (Å²) in [6.45, 7) is 2.40. The van der Waals surface area contributed by atoms with Crippen LogP contribution in [0.15, 0.2) is 12.4 Å². The molecule has 1 aromatic heterocycles. The fourth-order valence-corrected chi connectivity index (χ4v) is 1.66. The van der Waals surface area contributed by atoms with Gasteiger partial charge in [0.1, 0.15) is 6.04 Å². The molecule has 0 bridgehead atoms. The third kappa shape index (κ3) is 5.52. The number of methoxy groups -OCH3 is 1. The standard InChI is InChI=1S/C12H20N4O3/c1-9(17)15-11(12(18)19-3)7-13-5-4-10-6-14-16(2)8-10/h6,8,11,13H,4-5,7H2,1-3H3,(H,15,17). The maximum Gasteiger partial charge on any atom is 0.329 e. The number of nitrogens with zero attached hydrogens (tertiary/aromatic N) is 2. The monoisotopic (exact) mass is 268 g/mol. The number of nitrogens with one attached hydrogen (secondary N) is 2. The lowest BCUT2D eigenvalue weighted by molar-refractivity contribution is -0.144. The van der Waals surface area contributed by atoms with Crippen LogP contribution in [0.25, 0.3) is 0 Å². The molecule has 19 heavy (non-hydrogen) atoms. The van der Waals surface area contributed by atoms with Crippen molar-refractivity contribution in [1.29, 1.82) is 0 Å². The highest BCUT2D eigenvalue weighted by Crippen LogP contribution is 1.96. The second-order valence-electron chi connectivity index (χ2n) is 4.25. The molecule has 1 aromatic rings. The van der Waals surface area contributed by atoms with Crippen LogP contribution in [-0.4, -0.2) is 47.9 Å². The summed E-state index contributed by atoms with van der Waals surface area (Å²) >= 11 is 0. The normalized spacial score (nSPS) is 11.9. The zero-order chi connectivity index (χ0) is 14.3. The SMILES string of the molecule is COC(=O)C(CNCCc1cnn(C)c1)NC(C)=O. The van der Waals surface area contributed by atoms with Crippen molar-refractivity contribution in [2.45, 2.75) is 19.4 Å². The summed E-state index contributed by atoms with van der Waals surface area (Å²) < 4.78 is 6.36. The topological polar surface area (TPSA) is 85.2 Å². The van der Waals surface area contributed by atoms with Crippen molar-refractivity contribution in [3.05, 3.63) is 18.0 Å². The molecule has 1 unspecified atom stereocenters. The van der Waals surface area contributed by atoms with E-state index in [0.29, 0.717) is 13.1 Å². The Morgan fingerprint density at radius 3 is 2.79 bits per heavy atom. The van der Waals surface area contributed by atoms with E-state index in [4.69, 9.17) is 0 Å². The summed E-state index contributed by atoms with van der Waals surface area (Å²) in [5.74, 6) is -0.714. The summed E-state index contributed by atoms with van der Waals surface area (Å²) in [5, 5.41) is 9.72. The summed E-state index contributed by atoms with van der Waals surface area (Å²) in [4.78, 5) is 22.4. The van der Waals surface area contributed by atoms with E-state index in [1.54, 1.807) is 10.9 Å². The molecule has 0 spiro atoms. The molecule has 7 heteroatoms. The van der Waals surface area contributed by atoms with Gasteiger partial charge in [-0.3, -0.25) is 9.48 Å². The minimum absolute atomic E-state index is 0.260. The van der Waals surface area contributed by atoms with Gasteiger partial charge in [0.05, 0.1) is 13.3 Å². The van der Waals surface area contributed by atoms with Crippen molar-refractivity contribution in [2.24, 2.45) is 7.05 Å². The van der Waals surface area contributed by atoms with Gasteiger partial charge in [0.25, 0.3) is 0 Å². The molecular weight excluding hydrogens is 248 g/mol. The Morgan fingerprint density at radius 2 is 2.26 bits per heavy atom. The van der Waals surface area contributed by atoms with E-state index in [-0.39, 0.29) is 5.91 Å². The zero-order valence-corrected chi connectivity index (χ0v) is 11.5. The average Bonchev–Trinajstić information content (AvgIpc) is 2.77. The van der Waals surface area contributed by atoms with Gasteiger partial charge >= 0.3 is 5.97 Å². The highest BCUT2D eigenvalue weighted by molar-refractivity contribution is 5.83. The second kappa shape index (κ2) is 7.52. The maximum absolute atomic E-state index is 11.4. The van der Waals surface area contributed by atoms with Crippen LogP contribution < -0.4 is 10.6 Å². The molecule has 2 N–H and O–H groups in total. The van der Waals surface area contributed by atoms with Crippen molar-refractivity contribution in [2.75, 3.05) is 20.2 Å². The number of aryl methyl sites for hydroxylation is 1. The first-order chi connectivity index (χ1) is 9.02. The summed E-state index contributed by atoms with van der Waals surface area (Å²) in [6.07, 6.45) is 4.54. The number of esters is 1. The molecule has 1 atom stereocenters. The van der Waals surface area contributed by atoms with Crippen LogP contribution in [-0.2, 0) is 27.8 Å². The van der Waals surface area contributed by atoms with Crippen LogP contribution in [0, 0.1) is 0 Å². The van der Waals surface area contributed by atoms with Crippen molar-refractivity contribution >= 4 is 11.9 Å². The highest BCUT2D eigenvalue weighted by atomic mass is 16.5. The number of hydrogen-bond acceptors (Lipinski definition) is 5. The Morgan fingerprint density at radius 1 is 1.53 bits per heavy atom. The predicted octanol–water partition coefficient (Wildman–Crippen LogP) is -0.770. The molecule has 0 radical (unpaired) electrons. The molecule has 1 rings (SSSR count). The zero-order valence-electron chi connectivity index (χ0n) is 11.5. The summed E-state index contributed by atoms with van der Waals surface area (Å²) in [6, 6.07) is -0.656. The molecule has 0 aromatic carbocycles. The van der Waals surface area contributed by atoms with Gasteiger partial charge in [-0.25, -0.2) is 4.79 Å². The molecule has 0 saturated heterocycles. The van der Waals surface area contributed by atoms with Crippen molar-refractivity contribution in [3.63, 3.8) is 0 Å². The van der Waals surface area contributed by atoms with Crippen LogP contribution in [0.3, 0.4) is 0 Å². The molecule has 1 amide bonds. The average molecular weight is 268 g/mol. The van der Waals surface area contributed by atoms with Gasteiger partial charge in [0.15, 0.2) is 0 Å².